The topological polar surface area (TPSA) is 49.8 Å². The van der Waals surface area contributed by atoms with Gasteiger partial charge < -0.3 is 4.42 Å². The zero-order valence-electron chi connectivity index (χ0n) is 15.6. The van der Waals surface area contributed by atoms with Crippen molar-refractivity contribution in [3.63, 3.8) is 0 Å². The van der Waals surface area contributed by atoms with Crippen molar-refractivity contribution in [3.8, 4) is 28.3 Å². The number of aromatic nitrogens is 1. The van der Waals surface area contributed by atoms with Crippen molar-refractivity contribution in [2.45, 2.75) is 12.4 Å². The fourth-order valence-electron chi connectivity index (χ4n) is 3.24. The van der Waals surface area contributed by atoms with Gasteiger partial charge in [0.25, 0.3) is 0 Å². The lowest BCUT2D eigenvalue weighted by Crippen LogP contribution is -2.11. The molecule has 3 nitrogen and oxygen atoms in total. The number of hydrogen-bond donors (Lipinski definition) is 0. The molecule has 0 aliphatic heterocycles. The minimum Gasteiger partial charge on any atom is -0.443 e. The van der Waals surface area contributed by atoms with Gasteiger partial charge in [-0.25, -0.2) is 4.98 Å². The van der Waals surface area contributed by atoms with E-state index in [9.17, 15) is 31.6 Å². The van der Waals surface area contributed by atoms with Crippen molar-refractivity contribution in [3.05, 3.63) is 76.1 Å². The second kappa shape index (κ2) is 7.67. The van der Waals surface area contributed by atoms with E-state index in [1.807, 2.05) is 6.07 Å². The van der Waals surface area contributed by atoms with E-state index in [2.05, 4.69) is 20.9 Å². The van der Waals surface area contributed by atoms with E-state index < -0.39 is 23.5 Å². The number of nitriles is 1. The highest BCUT2D eigenvalue weighted by atomic mass is 79.9. The van der Waals surface area contributed by atoms with E-state index in [0.717, 1.165) is 0 Å². The lowest BCUT2D eigenvalue weighted by atomic mass is 9.94. The maximum atomic E-state index is 13.3. The molecule has 4 aromatic rings. The molecular formula is C22H9BrF6N2O. The fourth-order valence-corrected chi connectivity index (χ4v) is 3.79. The van der Waals surface area contributed by atoms with Crippen LogP contribution in [0.25, 0.3) is 33.4 Å². The van der Waals surface area contributed by atoms with Gasteiger partial charge in [-0.15, -0.1) is 0 Å². The van der Waals surface area contributed by atoms with Crippen molar-refractivity contribution in [2.75, 3.05) is 0 Å². The molecule has 162 valence electrons. The van der Waals surface area contributed by atoms with Crippen LogP contribution in [-0.2, 0) is 12.4 Å². The zero-order valence-corrected chi connectivity index (χ0v) is 17.2. The molecule has 0 radical (unpaired) electrons. The normalized spacial score (nSPS) is 12.2. The molecule has 0 fully saturated rings. The summed E-state index contributed by atoms with van der Waals surface area (Å²) in [5.41, 5.74) is -1.18. The van der Waals surface area contributed by atoms with Crippen LogP contribution in [-0.4, -0.2) is 4.98 Å². The van der Waals surface area contributed by atoms with E-state index in [-0.39, 0.29) is 22.8 Å². The van der Waals surface area contributed by atoms with Crippen LogP contribution < -0.4 is 0 Å². The number of nitrogens with zero attached hydrogens (tertiary/aromatic N) is 2. The van der Waals surface area contributed by atoms with E-state index in [0.29, 0.717) is 38.8 Å². The Morgan fingerprint density at radius 3 is 1.97 bits per heavy atom. The van der Waals surface area contributed by atoms with Gasteiger partial charge in [-0.05, 0) is 70.8 Å². The molecule has 4 rings (SSSR count). The summed E-state index contributed by atoms with van der Waals surface area (Å²) < 4.78 is 85.4. The molecule has 0 aliphatic carbocycles. The van der Waals surface area contributed by atoms with Gasteiger partial charge in [0.05, 0.1) is 22.8 Å². The average molecular weight is 511 g/mol. The van der Waals surface area contributed by atoms with Gasteiger partial charge in [-0.2, -0.15) is 31.6 Å². The quantitative estimate of drug-likeness (QED) is 0.258. The molecule has 1 heterocycles. The first-order chi connectivity index (χ1) is 15.0. The second-order valence-corrected chi connectivity index (χ2v) is 7.71. The first-order valence-corrected chi connectivity index (χ1v) is 9.63. The van der Waals surface area contributed by atoms with E-state index in [1.165, 1.54) is 24.6 Å². The maximum Gasteiger partial charge on any atom is 0.416 e. The lowest BCUT2D eigenvalue weighted by molar-refractivity contribution is -0.143. The zero-order chi connectivity index (χ0) is 23.3. The van der Waals surface area contributed by atoms with Crippen LogP contribution in [0.3, 0.4) is 0 Å². The van der Waals surface area contributed by atoms with Crippen LogP contribution in [0.15, 0.2) is 63.8 Å². The molecule has 0 saturated carbocycles. The molecule has 0 unspecified atom stereocenters. The van der Waals surface area contributed by atoms with Gasteiger partial charge in [0.15, 0.2) is 12.0 Å². The molecule has 0 saturated heterocycles. The summed E-state index contributed by atoms with van der Waals surface area (Å²) in [6.07, 6.45) is -8.72. The van der Waals surface area contributed by atoms with Crippen LogP contribution >= 0.6 is 15.9 Å². The van der Waals surface area contributed by atoms with Crippen LogP contribution in [0.5, 0.6) is 0 Å². The van der Waals surface area contributed by atoms with Crippen molar-refractivity contribution in [2.24, 2.45) is 0 Å². The molecular weight excluding hydrogens is 502 g/mol. The summed E-state index contributed by atoms with van der Waals surface area (Å²) in [5.74, 6) is 0. The first-order valence-electron chi connectivity index (χ1n) is 8.84. The van der Waals surface area contributed by atoms with E-state index >= 15 is 0 Å². The summed E-state index contributed by atoms with van der Waals surface area (Å²) in [6, 6.07) is 10.6. The van der Waals surface area contributed by atoms with E-state index in [4.69, 9.17) is 4.42 Å². The Labute approximate surface area is 185 Å². The highest BCUT2D eigenvalue weighted by Gasteiger charge is 2.37. The molecule has 0 aliphatic rings. The first kappa shape index (κ1) is 21.9. The number of hydrogen-bond acceptors (Lipinski definition) is 3. The van der Waals surface area contributed by atoms with Crippen molar-refractivity contribution in [1.29, 1.82) is 5.26 Å². The second-order valence-electron chi connectivity index (χ2n) is 6.86. The SMILES string of the molecule is N#Cc1cc(-c2cc(C(F)(F)F)cc(C(F)(F)F)c2)cc(-c2cc3ncoc3cc2Br)c1. The Morgan fingerprint density at radius 1 is 0.781 bits per heavy atom. The predicted molar refractivity (Wildman–Crippen MR) is 107 cm³/mol. The third-order valence-corrected chi connectivity index (χ3v) is 5.37. The monoisotopic (exact) mass is 510 g/mol. The molecule has 0 amide bonds. The molecule has 0 N–H and O–H groups in total. The van der Waals surface area contributed by atoms with Crippen LogP contribution in [0.4, 0.5) is 26.3 Å². The summed E-state index contributed by atoms with van der Waals surface area (Å²) in [4.78, 5) is 4.04. The van der Waals surface area contributed by atoms with Gasteiger partial charge in [0.1, 0.15) is 5.52 Å². The van der Waals surface area contributed by atoms with E-state index in [1.54, 1.807) is 12.1 Å². The standard InChI is InChI=1S/C22H9BrF6N2O/c23-18-8-20-19(31-10-32-20)7-17(18)14-2-11(9-30)1-12(3-14)13-4-15(21(24,25)26)6-16(5-13)22(27,28)29/h1-8,10H. The molecule has 32 heavy (non-hydrogen) atoms. The molecule has 3 aromatic carbocycles. The Kier molecular flexibility index (Phi) is 5.25. The van der Waals surface area contributed by atoms with Gasteiger partial charge in [-0.1, -0.05) is 15.9 Å². The maximum absolute atomic E-state index is 13.3. The molecule has 0 bridgehead atoms. The van der Waals surface area contributed by atoms with Crippen LogP contribution in [0.2, 0.25) is 0 Å². The smallest absolute Gasteiger partial charge is 0.416 e. The minimum absolute atomic E-state index is 0.0304. The molecule has 1 aromatic heterocycles. The number of rotatable bonds is 2. The summed E-state index contributed by atoms with van der Waals surface area (Å²) in [6.45, 7) is 0. The summed E-state index contributed by atoms with van der Waals surface area (Å²) in [7, 11) is 0. The number of oxazole rings is 1. The minimum atomic E-state index is -4.98. The summed E-state index contributed by atoms with van der Waals surface area (Å²) in [5, 5.41) is 9.41. The average Bonchev–Trinajstić information content (AvgIpc) is 3.18. The number of fused-ring (bicyclic) bond motifs is 1. The van der Waals surface area contributed by atoms with Crippen molar-refractivity contribution < 1.29 is 30.8 Å². The predicted octanol–water partition coefficient (Wildman–Crippen LogP) is 7.83. The van der Waals surface area contributed by atoms with Gasteiger partial charge >= 0.3 is 12.4 Å². The van der Waals surface area contributed by atoms with Gasteiger partial charge in [0, 0.05) is 4.47 Å². The fraction of sp³-hybridized carbons (Fsp3) is 0.0909. The lowest BCUT2D eigenvalue weighted by Gasteiger charge is -2.15. The number of alkyl halides is 6. The highest BCUT2D eigenvalue weighted by Crippen LogP contribution is 2.40. The van der Waals surface area contributed by atoms with Crippen molar-refractivity contribution >= 4 is 27.0 Å². The van der Waals surface area contributed by atoms with Crippen LogP contribution in [0.1, 0.15) is 16.7 Å². The molecule has 10 heteroatoms. The third-order valence-electron chi connectivity index (χ3n) is 4.71. The summed E-state index contributed by atoms with van der Waals surface area (Å²) >= 11 is 3.37. The molecule has 0 spiro atoms. The Hall–Kier alpha value is -3.32. The highest BCUT2D eigenvalue weighted by molar-refractivity contribution is 9.10. The Bertz CT molecular complexity index is 1350. The van der Waals surface area contributed by atoms with Gasteiger partial charge in [-0.3, -0.25) is 0 Å². The van der Waals surface area contributed by atoms with Gasteiger partial charge in [0.2, 0.25) is 0 Å². The van der Waals surface area contributed by atoms with Crippen LogP contribution in [0, 0.1) is 11.3 Å². The largest absolute Gasteiger partial charge is 0.443 e. The molecule has 0 atom stereocenters. The van der Waals surface area contributed by atoms with Crippen molar-refractivity contribution in [1.82, 2.24) is 4.98 Å². The third kappa shape index (κ3) is 4.21. The number of halogens is 7. The number of benzene rings is 3. The Morgan fingerprint density at radius 2 is 1.38 bits per heavy atom. The Balaban J connectivity index is 1.95.